The highest BCUT2D eigenvalue weighted by Gasteiger charge is 2.35. The molecule has 0 fully saturated rings. The Bertz CT molecular complexity index is 3470. The van der Waals surface area contributed by atoms with Crippen LogP contribution in [0.2, 0.25) is 0 Å². The summed E-state index contributed by atoms with van der Waals surface area (Å²) in [5, 5.41) is 4.38. The van der Waals surface area contributed by atoms with Crippen LogP contribution in [-0.2, 0) is 5.41 Å². The number of benzene rings is 8. The van der Waals surface area contributed by atoms with E-state index in [0.29, 0.717) is 17.5 Å². The molecule has 0 saturated carbocycles. The number of rotatable bonds is 5. The number of furan rings is 1. The van der Waals surface area contributed by atoms with E-state index in [-0.39, 0.29) is 5.41 Å². The second-order valence-electron chi connectivity index (χ2n) is 16.0. The van der Waals surface area contributed by atoms with E-state index in [9.17, 15) is 0 Å². The van der Waals surface area contributed by atoms with Crippen molar-refractivity contribution < 1.29 is 4.42 Å². The predicted octanol–water partition coefficient (Wildman–Crippen LogP) is 13.8. The summed E-state index contributed by atoms with van der Waals surface area (Å²) in [6.45, 7) is 4.61. The molecule has 0 spiro atoms. The van der Waals surface area contributed by atoms with Gasteiger partial charge in [-0.3, -0.25) is 0 Å². The molecule has 0 aliphatic heterocycles. The van der Waals surface area contributed by atoms with Crippen LogP contribution in [0.1, 0.15) is 25.0 Å². The second-order valence-corrected chi connectivity index (χ2v) is 16.0. The molecule has 3 aromatic heterocycles. The summed E-state index contributed by atoms with van der Waals surface area (Å²) in [4.78, 5) is 15.7. The Balaban J connectivity index is 1.07. The van der Waals surface area contributed by atoms with Crippen LogP contribution in [0, 0.1) is 0 Å². The summed E-state index contributed by atoms with van der Waals surface area (Å²) in [5.41, 5.74) is 15.0. The van der Waals surface area contributed by atoms with Gasteiger partial charge in [-0.15, -0.1) is 0 Å². The summed E-state index contributed by atoms with van der Waals surface area (Å²) >= 11 is 0. The summed E-state index contributed by atoms with van der Waals surface area (Å²) in [6, 6.07) is 64.1. The van der Waals surface area contributed by atoms with Crippen molar-refractivity contribution in [2.45, 2.75) is 19.3 Å². The number of aromatic nitrogens is 4. The van der Waals surface area contributed by atoms with E-state index in [1.807, 2.05) is 30.3 Å². The maximum absolute atomic E-state index is 6.83. The van der Waals surface area contributed by atoms with E-state index in [1.54, 1.807) is 0 Å². The fraction of sp³-hybridized carbons (Fsp3) is 0.0556. The second kappa shape index (κ2) is 12.7. The summed E-state index contributed by atoms with van der Waals surface area (Å²) in [7, 11) is 0. The van der Waals surface area contributed by atoms with Crippen LogP contribution in [0.5, 0.6) is 0 Å². The molecule has 5 nitrogen and oxygen atoms in total. The Morgan fingerprint density at radius 1 is 0.424 bits per heavy atom. The SMILES string of the molecule is CC1(C)c2ccccc2-c2ccc(-c3nc(-c4ccccc4)nc(-c4ccc(-c5ccc6c(c5)c5ccccc5n6-c5ccccc5)c5oc6ccccc6c45)n3)cc21. The Hall–Kier alpha value is -7.63. The average Bonchev–Trinajstić information content (AvgIpc) is 3.92. The molecule has 0 saturated heterocycles. The van der Waals surface area contributed by atoms with E-state index < -0.39 is 0 Å². The lowest BCUT2D eigenvalue weighted by atomic mass is 9.82. The van der Waals surface area contributed by atoms with Crippen molar-refractivity contribution >= 4 is 43.7 Å². The third kappa shape index (κ3) is 5.08. The monoisotopic (exact) mass is 756 g/mol. The van der Waals surface area contributed by atoms with E-state index in [1.165, 1.54) is 38.5 Å². The molecule has 0 amide bonds. The third-order valence-corrected chi connectivity index (χ3v) is 12.3. The van der Waals surface area contributed by atoms with Gasteiger partial charge in [-0.25, -0.2) is 15.0 Å². The van der Waals surface area contributed by atoms with E-state index in [0.717, 1.165) is 61.0 Å². The topological polar surface area (TPSA) is 56.7 Å². The lowest BCUT2D eigenvalue weighted by Gasteiger charge is -2.21. The van der Waals surface area contributed by atoms with Crippen LogP contribution >= 0.6 is 0 Å². The molecule has 5 heteroatoms. The van der Waals surface area contributed by atoms with Crippen molar-refractivity contribution in [3.05, 3.63) is 193 Å². The summed E-state index contributed by atoms with van der Waals surface area (Å²) in [6.07, 6.45) is 0. The molecular formula is C54H36N4O. The minimum Gasteiger partial charge on any atom is -0.455 e. The van der Waals surface area contributed by atoms with Crippen molar-refractivity contribution in [1.82, 2.24) is 19.5 Å². The minimum absolute atomic E-state index is 0.156. The van der Waals surface area contributed by atoms with Gasteiger partial charge < -0.3 is 8.98 Å². The van der Waals surface area contributed by atoms with Crippen LogP contribution in [0.25, 0.3) is 106 Å². The molecular weight excluding hydrogens is 721 g/mol. The molecule has 11 aromatic rings. The van der Waals surface area contributed by atoms with Gasteiger partial charge in [0.1, 0.15) is 11.2 Å². The first-order valence-corrected chi connectivity index (χ1v) is 20.1. The zero-order valence-corrected chi connectivity index (χ0v) is 32.5. The maximum atomic E-state index is 6.83. The van der Waals surface area contributed by atoms with Crippen LogP contribution in [-0.4, -0.2) is 19.5 Å². The molecule has 8 aromatic carbocycles. The van der Waals surface area contributed by atoms with Gasteiger partial charge in [-0.1, -0.05) is 141 Å². The number of hydrogen-bond donors (Lipinski definition) is 0. The highest BCUT2D eigenvalue weighted by molar-refractivity contribution is 6.17. The van der Waals surface area contributed by atoms with Crippen molar-refractivity contribution in [3.63, 3.8) is 0 Å². The molecule has 0 atom stereocenters. The third-order valence-electron chi connectivity index (χ3n) is 12.3. The molecule has 0 radical (unpaired) electrons. The zero-order chi connectivity index (χ0) is 39.2. The molecule has 12 rings (SSSR count). The molecule has 0 N–H and O–H groups in total. The molecule has 0 unspecified atom stereocenters. The number of nitrogens with zero attached hydrogens (tertiary/aromatic N) is 4. The average molecular weight is 757 g/mol. The lowest BCUT2D eigenvalue weighted by molar-refractivity contribution is 0.660. The van der Waals surface area contributed by atoms with E-state index in [2.05, 4.69) is 170 Å². The van der Waals surface area contributed by atoms with Gasteiger partial charge in [0.15, 0.2) is 17.5 Å². The van der Waals surface area contributed by atoms with Crippen LogP contribution in [0.3, 0.4) is 0 Å². The zero-order valence-electron chi connectivity index (χ0n) is 32.5. The largest absolute Gasteiger partial charge is 0.455 e. The van der Waals surface area contributed by atoms with Crippen molar-refractivity contribution in [2.24, 2.45) is 0 Å². The molecule has 278 valence electrons. The Morgan fingerprint density at radius 2 is 1.03 bits per heavy atom. The highest BCUT2D eigenvalue weighted by atomic mass is 16.3. The number of hydrogen-bond acceptors (Lipinski definition) is 4. The molecule has 3 heterocycles. The molecule has 1 aliphatic rings. The predicted molar refractivity (Wildman–Crippen MR) is 241 cm³/mol. The first kappa shape index (κ1) is 33.5. The maximum Gasteiger partial charge on any atom is 0.164 e. The fourth-order valence-corrected chi connectivity index (χ4v) is 9.42. The van der Waals surface area contributed by atoms with Crippen molar-refractivity contribution in [2.75, 3.05) is 0 Å². The van der Waals surface area contributed by atoms with Gasteiger partial charge in [0, 0.05) is 54.9 Å². The quantitative estimate of drug-likeness (QED) is 0.175. The standard InChI is InChI=1S/C54H36N4O/c1-54(2)44-22-12-9-19-38(44)39-27-25-35(32-45(39)54)52-55-51(33-15-5-3-6-16-33)56-53(57-52)42-29-28-37(50-49(42)41-21-11-14-24-48(41)59-50)34-26-30-47-43(31-34)40-20-10-13-23-46(40)58(47)36-17-7-4-8-18-36/h3-32H,1-2H3. The van der Waals surface area contributed by atoms with Crippen LogP contribution in [0.15, 0.2) is 186 Å². The Labute approximate surface area is 340 Å². The van der Waals surface area contributed by atoms with E-state index >= 15 is 0 Å². The van der Waals surface area contributed by atoms with Gasteiger partial charge >= 0.3 is 0 Å². The minimum atomic E-state index is -0.156. The molecule has 1 aliphatic carbocycles. The molecule has 0 bridgehead atoms. The van der Waals surface area contributed by atoms with Gasteiger partial charge in [-0.05, 0) is 82.4 Å². The summed E-state index contributed by atoms with van der Waals surface area (Å²) in [5.74, 6) is 1.86. The van der Waals surface area contributed by atoms with Crippen LogP contribution < -0.4 is 0 Å². The van der Waals surface area contributed by atoms with Gasteiger partial charge in [0.25, 0.3) is 0 Å². The summed E-state index contributed by atoms with van der Waals surface area (Å²) < 4.78 is 9.18. The van der Waals surface area contributed by atoms with Crippen LogP contribution in [0.4, 0.5) is 0 Å². The Kier molecular flexibility index (Phi) is 7.20. The van der Waals surface area contributed by atoms with E-state index in [4.69, 9.17) is 19.4 Å². The smallest absolute Gasteiger partial charge is 0.164 e. The van der Waals surface area contributed by atoms with Gasteiger partial charge in [-0.2, -0.15) is 0 Å². The Morgan fingerprint density at radius 3 is 1.88 bits per heavy atom. The lowest BCUT2D eigenvalue weighted by Crippen LogP contribution is -2.15. The molecule has 59 heavy (non-hydrogen) atoms. The van der Waals surface area contributed by atoms with Crippen molar-refractivity contribution in [3.8, 4) is 62.1 Å². The number of para-hydroxylation sites is 3. The van der Waals surface area contributed by atoms with Gasteiger partial charge in [0.05, 0.1) is 11.0 Å². The fourth-order valence-electron chi connectivity index (χ4n) is 9.42. The first-order valence-electron chi connectivity index (χ1n) is 20.1. The number of fused-ring (bicyclic) bond motifs is 9. The van der Waals surface area contributed by atoms with Crippen molar-refractivity contribution in [1.29, 1.82) is 0 Å². The highest BCUT2D eigenvalue weighted by Crippen LogP contribution is 2.50. The normalized spacial score (nSPS) is 13.1. The van der Waals surface area contributed by atoms with Gasteiger partial charge in [0.2, 0.25) is 0 Å². The first-order chi connectivity index (χ1) is 29.0.